The number of ether oxygens (including phenoxy) is 5. The van der Waals surface area contributed by atoms with Crippen LogP contribution in [-0.2, 0) is 9.53 Å². The molecule has 2 aromatic carbocycles. The number of carbonyl (C=O) groups is 4. The van der Waals surface area contributed by atoms with Crippen LogP contribution in [0.1, 0.15) is 39.3 Å². The van der Waals surface area contributed by atoms with Crippen molar-refractivity contribution in [2.75, 3.05) is 64.6 Å². The second-order valence-corrected chi connectivity index (χ2v) is 11.1. The van der Waals surface area contributed by atoms with E-state index < -0.39 is 29.3 Å². The van der Waals surface area contributed by atoms with Crippen molar-refractivity contribution >= 4 is 62.0 Å². The van der Waals surface area contributed by atoms with Gasteiger partial charge in [-0.25, -0.2) is 9.59 Å². The lowest BCUT2D eigenvalue weighted by atomic mass is 9.89. The monoisotopic (exact) mass is 658 g/mol. The van der Waals surface area contributed by atoms with E-state index in [0.29, 0.717) is 44.7 Å². The lowest BCUT2D eigenvalue weighted by molar-refractivity contribution is -0.143. The average Bonchev–Trinajstić information content (AvgIpc) is 3.67. The third kappa shape index (κ3) is 4.51. The Labute approximate surface area is 255 Å². The first kappa shape index (κ1) is 30.0. The molecule has 14 heteroatoms. The number of anilines is 2. The van der Waals surface area contributed by atoms with Gasteiger partial charge >= 0.3 is 12.1 Å². The molecular formula is C29H31BrN4O9. The highest BCUT2D eigenvalue weighted by atomic mass is 79.9. The zero-order valence-electron chi connectivity index (χ0n) is 24.7. The van der Waals surface area contributed by atoms with Gasteiger partial charge in [0.25, 0.3) is 5.91 Å². The minimum atomic E-state index is -1.76. The molecule has 2 unspecified atom stereocenters. The number of H-pyrrole nitrogens is 1. The number of halogens is 1. The van der Waals surface area contributed by atoms with E-state index in [1.54, 1.807) is 12.1 Å². The number of fused-ring (bicyclic) bond motifs is 4. The molecule has 0 saturated heterocycles. The lowest BCUT2D eigenvalue weighted by Gasteiger charge is -2.21. The number of hydrogen-bond acceptors (Lipinski definition) is 10. The maximum atomic E-state index is 14.1. The Balaban J connectivity index is 1.68. The van der Waals surface area contributed by atoms with E-state index in [9.17, 15) is 19.2 Å². The molecule has 5 rings (SSSR count). The van der Waals surface area contributed by atoms with Crippen LogP contribution in [0.5, 0.6) is 23.0 Å². The van der Waals surface area contributed by atoms with Crippen molar-refractivity contribution in [3.05, 3.63) is 35.0 Å². The molecule has 2 amide bonds. The number of carbonyl (C=O) groups excluding carboxylic acids is 4. The van der Waals surface area contributed by atoms with Crippen molar-refractivity contribution in [2.24, 2.45) is 0 Å². The second-order valence-electron chi connectivity index (χ2n) is 10.5. The Bertz CT molecular complexity index is 1680. The molecule has 0 saturated carbocycles. The second kappa shape index (κ2) is 11.0. The normalized spacial score (nSPS) is 18.6. The van der Waals surface area contributed by atoms with Gasteiger partial charge in [0.1, 0.15) is 5.69 Å². The summed E-state index contributed by atoms with van der Waals surface area (Å²) in [5.74, 6) is -0.921. The number of hydrogen-bond donors (Lipinski definition) is 2. The number of methoxy groups -OCH3 is 4. The Morgan fingerprint density at radius 2 is 1.74 bits per heavy atom. The van der Waals surface area contributed by atoms with E-state index in [-0.39, 0.29) is 35.2 Å². The molecule has 2 aliphatic rings. The van der Waals surface area contributed by atoms with Crippen LogP contribution < -0.4 is 29.2 Å². The van der Waals surface area contributed by atoms with Crippen LogP contribution >= 0.6 is 15.9 Å². The van der Waals surface area contributed by atoms with Crippen molar-refractivity contribution in [1.29, 1.82) is 0 Å². The summed E-state index contributed by atoms with van der Waals surface area (Å²) in [6, 6.07) is 4.94. The summed E-state index contributed by atoms with van der Waals surface area (Å²) in [6.07, 6.45) is -0.707. The summed E-state index contributed by atoms with van der Waals surface area (Å²) in [7, 11) is 8.69. The van der Waals surface area contributed by atoms with E-state index in [4.69, 9.17) is 23.7 Å². The number of ketones is 1. The van der Waals surface area contributed by atoms with Gasteiger partial charge in [0.2, 0.25) is 11.5 Å². The van der Waals surface area contributed by atoms with Crippen molar-refractivity contribution < 1.29 is 42.9 Å². The number of alkyl halides is 1. The molecule has 228 valence electrons. The summed E-state index contributed by atoms with van der Waals surface area (Å²) in [5, 5.41) is 4.00. The minimum absolute atomic E-state index is 0.00533. The summed E-state index contributed by atoms with van der Waals surface area (Å²) >= 11 is 3.53. The molecule has 2 atom stereocenters. The number of Topliss-reactive ketones (excluding diaryl/α,β-unsaturated/α-hetero) is 1. The van der Waals surface area contributed by atoms with E-state index in [1.165, 1.54) is 65.3 Å². The highest BCUT2D eigenvalue weighted by molar-refractivity contribution is 9.09. The number of aromatic nitrogens is 1. The fourth-order valence-electron chi connectivity index (χ4n) is 5.56. The van der Waals surface area contributed by atoms with Crippen molar-refractivity contribution in [1.82, 2.24) is 9.88 Å². The molecule has 0 spiro atoms. The third-order valence-corrected chi connectivity index (χ3v) is 8.49. The van der Waals surface area contributed by atoms with Gasteiger partial charge in [-0.05, 0) is 24.6 Å². The largest absolute Gasteiger partial charge is 0.493 e. The zero-order valence-corrected chi connectivity index (χ0v) is 26.3. The Hall–Kier alpha value is -4.46. The van der Waals surface area contributed by atoms with Gasteiger partial charge < -0.3 is 43.8 Å². The molecule has 2 N–H and O–H groups in total. The summed E-state index contributed by atoms with van der Waals surface area (Å²) in [6.45, 7) is 1.62. The smallest absolute Gasteiger partial charge is 0.414 e. The fourth-order valence-corrected chi connectivity index (χ4v) is 6.09. The first-order valence-electron chi connectivity index (χ1n) is 13.2. The number of nitrogens with zero attached hydrogens (tertiary/aromatic N) is 2. The molecule has 43 heavy (non-hydrogen) atoms. The van der Waals surface area contributed by atoms with Gasteiger partial charge in [-0.15, -0.1) is 0 Å². The molecular weight excluding hydrogens is 628 g/mol. The molecule has 0 fully saturated rings. The third-order valence-electron chi connectivity index (χ3n) is 7.71. The van der Waals surface area contributed by atoms with Crippen LogP contribution in [-0.4, -0.2) is 93.6 Å². The van der Waals surface area contributed by atoms with Crippen LogP contribution in [0.2, 0.25) is 0 Å². The number of esters is 1. The SMILES string of the molecule is COC(=O)C1(C)Nc2c(OC(=O)N(C)C)cc3c(c2C1=O)C(CBr)CN3C(=O)c1cc2cc(OC)c(OC)c(OC)c2[nH]1. The van der Waals surface area contributed by atoms with E-state index in [2.05, 4.69) is 26.2 Å². The Morgan fingerprint density at radius 3 is 2.33 bits per heavy atom. The molecule has 0 bridgehead atoms. The fraction of sp³-hybridized carbons (Fsp3) is 0.379. The van der Waals surface area contributed by atoms with E-state index in [0.717, 1.165) is 0 Å². The van der Waals surface area contributed by atoms with Crippen LogP contribution in [0, 0.1) is 0 Å². The van der Waals surface area contributed by atoms with Crippen LogP contribution in [0.4, 0.5) is 16.2 Å². The van der Waals surface area contributed by atoms with E-state index >= 15 is 0 Å². The summed E-state index contributed by atoms with van der Waals surface area (Å²) < 4.78 is 27.1. The highest BCUT2D eigenvalue weighted by Crippen LogP contribution is 2.52. The number of nitrogens with one attached hydrogen (secondary N) is 2. The van der Waals surface area contributed by atoms with Crippen molar-refractivity contribution in [2.45, 2.75) is 18.4 Å². The van der Waals surface area contributed by atoms with Gasteiger partial charge in [0, 0.05) is 43.3 Å². The number of rotatable bonds is 7. The number of aromatic amines is 1. The number of benzene rings is 2. The summed E-state index contributed by atoms with van der Waals surface area (Å²) in [5.41, 5.74) is 0.280. The average molecular weight is 659 g/mol. The Morgan fingerprint density at radius 1 is 1.05 bits per heavy atom. The minimum Gasteiger partial charge on any atom is -0.493 e. The van der Waals surface area contributed by atoms with Crippen molar-refractivity contribution in [3.8, 4) is 23.0 Å². The first-order valence-corrected chi connectivity index (χ1v) is 14.3. The lowest BCUT2D eigenvalue weighted by Crippen LogP contribution is -2.47. The number of amides is 2. The van der Waals surface area contributed by atoms with Crippen LogP contribution in [0.3, 0.4) is 0 Å². The van der Waals surface area contributed by atoms with Gasteiger partial charge in [0.05, 0.1) is 50.9 Å². The molecule has 13 nitrogen and oxygen atoms in total. The quantitative estimate of drug-likeness (QED) is 0.217. The molecule has 0 aliphatic carbocycles. The predicted molar refractivity (Wildman–Crippen MR) is 161 cm³/mol. The van der Waals surface area contributed by atoms with Gasteiger partial charge in [-0.1, -0.05) is 15.9 Å². The molecule has 3 heterocycles. The highest BCUT2D eigenvalue weighted by Gasteiger charge is 2.53. The maximum absolute atomic E-state index is 14.1. The van der Waals surface area contributed by atoms with Crippen LogP contribution in [0.15, 0.2) is 18.2 Å². The van der Waals surface area contributed by atoms with E-state index in [1.807, 2.05) is 0 Å². The van der Waals surface area contributed by atoms with Crippen LogP contribution in [0.25, 0.3) is 10.9 Å². The first-order chi connectivity index (χ1) is 20.4. The van der Waals surface area contributed by atoms with Gasteiger partial charge in [-0.3, -0.25) is 9.59 Å². The predicted octanol–water partition coefficient (Wildman–Crippen LogP) is 3.93. The summed E-state index contributed by atoms with van der Waals surface area (Å²) in [4.78, 5) is 59.3. The van der Waals surface area contributed by atoms with Crippen molar-refractivity contribution in [3.63, 3.8) is 0 Å². The molecule has 0 radical (unpaired) electrons. The zero-order chi connectivity index (χ0) is 31.4. The molecule has 2 aliphatic heterocycles. The molecule has 3 aromatic rings. The molecule has 1 aromatic heterocycles. The Kier molecular flexibility index (Phi) is 7.67. The maximum Gasteiger partial charge on any atom is 0.414 e. The standard InChI is InChI=1S/C29H31BrN4O9/c1-29(27(37)42-7)25(35)20-19-14(11-30)12-34(16(19)10-17(22(20)32-29)43-28(38)33(2)3)26(36)15-8-13-9-18(39-4)23(40-5)24(41-6)21(13)31-15/h8-10,14,31-32H,11-12H2,1-7H3. The topological polar surface area (TPSA) is 149 Å². The van der Waals surface area contributed by atoms with Gasteiger partial charge in [-0.2, -0.15) is 0 Å². The van der Waals surface area contributed by atoms with Gasteiger partial charge in [0.15, 0.2) is 22.8 Å².